The number of ether oxygens (including phenoxy) is 2. The van der Waals surface area contributed by atoms with Crippen LogP contribution in [0.4, 0.5) is 4.39 Å². The lowest BCUT2D eigenvalue weighted by molar-refractivity contribution is -0.0183. The number of benzene rings is 1. The molecule has 1 fully saturated rings. The summed E-state index contributed by atoms with van der Waals surface area (Å²) in [6.07, 6.45) is 5.58. The molecule has 0 bridgehead atoms. The van der Waals surface area contributed by atoms with Gasteiger partial charge in [-0.15, -0.1) is 0 Å². The number of nitrogens with two attached hydrogens (primary N) is 1. The fraction of sp³-hybridized carbons (Fsp3) is 0.600. The predicted molar refractivity (Wildman–Crippen MR) is 70.5 cm³/mol. The smallest absolute Gasteiger partial charge is 0.189 e. The first-order chi connectivity index (χ1) is 9.25. The number of halogens is 1. The van der Waals surface area contributed by atoms with Crippen LogP contribution < -0.4 is 10.5 Å². The summed E-state index contributed by atoms with van der Waals surface area (Å²) in [7, 11) is 0. The van der Waals surface area contributed by atoms with E-state index in [0.29, 0.717) is 13.2 Å². The molecular weight excluding hydrogens is 245 g/mol. The Balaban J connectivity index is 2.09. The predicted octanol–water partition coefficient (Wildman–Crippen LogP) is 2.85. The summed E-state index contributed by atoms with van der Waals surface area (Å²) >= 11 is 0. The maximum Gasteiger partial charge on any atom is 0.189 e. The van der Waals surface area contributed by atoms with Crippen LogP contribution in [0.1, 0.15) is 43.2 Å². The lowest BCUT2D eigenvalue weighted by Crippen LogP contribution is -2.38. The van der Waals surface area contributed by atoms with Crippen LogP contribution in [0.25, 0.3) is 0 Å². The molecule has 1 aromatic carbocycles. The number of hydrogen-bond acceptors (Lipinski definition) is 3. The largest absolute Gasteiger partial charge is 0.467 e. The molecule has 1 aromatic rings. The van der Waals surface area contributed by atoms with Gasteiger partial charge in [0.25, 0.3) is 0 Å². The molecule has 0 spiro atoms. The van der Waals surface area contributed by atoms with E-state index in [1.807, 2.05) is 0 Å². The summed E-state index contributed by atoms with van der Waals surface area (Å²) in [5.74, 6) is 0.584. The van der Waals surface area contributed by atoms with Gasteiger partial charge in [0.15, 0.2) is 6.79 Å². The van der Waals surface area contributed by atoms with Crippen molar-refractivity contribution in [1.29, 1.82) is 0 Å². The van der Waals surface area contributed by atoms with E-state index in [2.05, 4.69) is 0 Å². The van der Waals surface area contributed by atoms with Gasteiger partial charge >= 0.3 is 0 Å². The monoisotopic (exact) mass is 265 g/mol. The number of hydrogen-bond donors (Lipinski definition) is 1. The molecule has 3 rings (SSSR count). The summed E-state index contributed by atoms with van der Waals surface area (Å²) in [5.41, 5.74) is 7.68. The topological polar surface area (TPSA) is 44.5 Å². The molecule has 0 radical (unpaired) electrons. The first-order valence-electron chi connectivity index (χ1n) is 6.99. The van der Waals surface area contributed by atoms with Crippen molar-refractivity contribution in [2.24, 2.45) is 5.73 Å². The lowest BCUT2D eigenvalue weighted by atomic mass is 9.69. The van der Waals surface area contributed by atoms with Crippen LogP contribution in [-0.4, -0.2) is 13.3 Å². The summed E-state index contributed by atoms with van der Waals surface area (Å²) in [6, 6.07) is 3.12. The Morgan fingerprint density at radius 3 is 2.74 bits per heavy atom. The molecule has 4 heteroatoms. The zero-order valence-corrected chi connectivity index (χ0v) is 11.1. The van der Waals surface area contributed by atoms with Crippen molar-refractivity contribution in [3.63, 3.8) is 0 Å². The first-order valence-corrected chi connectivity index (χ1v) is 6.99. The van der Waals surface area contributed by atoms with Gasteiger partial charge in [-0.2, -0.15) is 0 Å². The Morgan fingerprint density at radius 2 is 2.00 bits per heavy atom. The van der Waals surface area contributed by atoms with Gasteiger partial charge in [0.1, 0.15) is 11.6 Å². The SMILES string of the molecule is NCC1(c2cc(F)cc3c2OCOC3)CCCCC1. The van der Waals surface area contributed by atoms with Crippen molar-refractivity contribution >= 4 is 0 Å². The Hall–Kier alpha value is -1.13. The Kier molecular flexibility index (Phi) is 3.46. The zero-order valence-electron chi connectivity index (χ0n) is 11.1. The van der Waals surface area contributed by atoms with Crippen molar-refractivity contribution in [1.82, 2.24) is 0 Å². The second-order valence-electron chi connectivity index (χ2n) is 5.60. The molecule has 2 N–H and O–H groups in total. The van der Waals surface area contributed by atoms with Crippen molar-refractivity contribution < 1.29 is 13.9 Å². The van der Waals surface area contributed by atoms with Gasteiger partial charge < -0.3 is 15.2 Å². The third-order valence-electron chi connectivity index (χ3n) is 4.45. The molecule has 1 saturated carbocycles. The molecule has 1 aliphatic carbocycles. The maximum absolute atomic E-state index is 13.9. The van der Waals surface area contributed by atoms with Crippen molar-refractivity contribution in [3.8, 4) is 5.75 Å². The van der Waals surface area contributed by atoms with Crippen molar-refractivity contribution in [2.75, 3.05) is 13.3 Å². The third-order valence-corrected chi connectivity index (χ3v) is 4.45. The quantitative estimate of drug-likeness (QED) is 0.894. The van der Waals surface area contributed by atoms with E-state index in [1.165, 1.54) is 12.5 Å². The molecule has 0 atom stereocenters. The highest BCUT2D eigenvalue weighted by molar-refractivity contribution is 5.47. The van der Waals surface area contributed by atoms with Gasteiger partial charge in [0, 0.05) is 23.1 Å². The summed E-state index contributed by atoms with van der Waals surface area (Å²) in [5, 5.41) is 0. The number of fused-ring (bicyclic) bond motifs is 1. The molecule has 1 aliphatic heterocycles. The van der Waals surface area contributed by atoms with Gasteiger partial charge in [-0.05, 0) is 25.0 Å². The van der Waals surface area contributed by atoms with E-state index in [-0.39, 0.29) is 18.0 Å². The fourth-order valence-electron chi connectivity index (χ4n) is 3.39. The van der Waals surface area contributed by atoms with E-state index >= 15 is 0 Å². The minimum Gasteiger partial charge on any atom is -0.467 e. The van der Waals surface area contributed by atoms with Gasteiger partial charge in [-0.3, -0.25) is 0 Å². The minimum absolute atomic E-state index is 0.123. The molecule has 104 valence electrons. The van der Waals surface area contributed by atoms with Crippen LogP contribution in [0.2, 0.25) is 0 Å². The highest BCUT2D eigenvalue weighted by Crippen LogP contribution is 2.45. The van der Waals surface area contributed by atoms with Crippen LogP contribution in [0.5, 0.6) is 5.75 Å². The molecule has 2 aliphatic rings. The summed E-state index contributed by atoms with van der Waals surface area (Å²) < 4.78 is 24.7. The second kappa shape index (κ2) is 5.10. The highest BCUT2D eigenvalue weighted by atomic mass is 19.1. The Labute approximate surface area is 112 Å². The van der Waals surface area contributed by atoms with Crippen LogP contribution in [0.3, 0.4) is 0 Å². The normalized spacial score (nSPS) is 21.6. The van der Waals surface area contributed by atoms with E-state index in [4.69, 9.17) is 15.2 Å². The zero-order chi connectivity index (χ0) is 13.3. The molecule has 3 nitrogen and oxygen atoms in total. The lowest BCUT2D eigenvalue weighted by Gasteiger charge is -2.38. The average Bonchev–Trinajstić information content (AvgIpc) is 2.47. The molecule has 0 unspecified atom stereocenters. The van der Waals surface area contributed by atoms with Gasteiger partial charge in [0.2, 0.25) is 0 Å². The maximum atomic E-state index is 13.9. The van der Waals surface area contributed by atoms with Crippen LogP contribution in [0, 0.1) is 5.82 Å². The molecule has 19 heavy (non-hydrogen) atoms. The molecule has 1 heterocycles. The fourth-order valence-corrected chi connectivity index (χ4v) is 3.39. The molecule has 0 amide bonds. The van der Waals surface area contributed by atoms with E-state index in [1.54, 1.807) is 6.07 Å². The molecule has 0 saturated heterocycles. The minimum atomic E-state index is -0.221. The summed E-state index contributed by atoms with van der Waals surface area (Å²) in [6.45, 7) is 1.21. The second-order valence-corrected chi connectivity index (χ2v) is 5.60. The van der Waals surface area contributed by atoms with E-state index in [0.717, 1.165) is 42.6 Å². The van der Waals surface area contributed by atoms with Crippen molar-refractivity contribution in [3.05, 3.63) is 29.1 Å². The average molecular weight is 265 g/mol. The summed E-state index contributed by atoms with van der Waals surface area (Å²) in [4.78, 5) is 0. The first kappa shape index (κ1) is 12.9. The number of rotatable bonds is 2. The highest BCUT2D eigenvalue weighted by Gasteiger charge is 2.36. The van der Waals surface area contributed by atoms with Gasteiger partial charge in [-0.1, -0.05) is 19.3 Å². The van der Waals surface area contributed by atoms with Crippen LogP contribution in [-0.2, 0) is 16.8 Å². The van der Waals surface area contributed by atoms with E-state index < -0.39 is 0 Å². The standard InChI is InChI=1S/C15H20FNO2/c16-12-6-11-8-18-10-19-14(11)13(7-12)15(9-17)4-2-1-3-5-15/h6-7H,1-5,8-10,17H2. The van der Waals surface area contributed by atoms with Crippen LogP contribution >= 0.6 is 0 Å². The van der Waals surface area contributed by atoms with Gasteiger partial charge in [0.05, 0.1) is 6.61 Å². The van der Waals surface area contributed by atoms with E-state index in [9.17, 15) is 4.39 Å². The van der Waals surface area contributed by atoms with Crippen LogP contribution in [0.15, 0.2) is 12.1 Å². The molecule has 0 aromatic heterocycles. The van der Waals surface area contributed by atoms with Gasteiger partial charge in [-0.25, -0.2) is 4.39 Å². The Morgan fingerprint density at radius 1 is 1.21 bits per heavy atom. The van der Waals surface area contributed by atoms with Crippen molar-refractivity contribution in [2.45, 2.75) is 44.1 Å². The third kappa shape index (κ3) is 2.23. The molecular formula is C15H20FNO2. The Bertz CT molecular complexity index is 469.